The number of aromatic nitrogens is 2. The van der Waals surface area contributed by atoms with Gasteiger partial charge in [-0.3, -0.25) is 4.99 Å². The highest BCUT2D eigenvalue weighted by molar-refractivity contribution is 7.15. The van der Waals surface area contributed by atoms with E-state index in [0.717, 1.165) is 36.7 Å². The molecule has 1 aromatic heterocycles. The molecule has 2 aliphatic rings. The number of amides is 2. The molecule has 0 aromatic carbocycles. The highest BCUT2D eigenvalue weighted by atomic mass is 32.1. The SMILES string of the molecule is C#CCN1CC(=NCCCCC)N(c2nnc(C3CC3)s2)C1=O. The molecule has 0 N–H and O–H groups in total. The zero-order chi connectivity index (χ0) is 16.2. The summed E-state index contributed by atoms with van der Waals surface area (Å²) in [5.74, 6) is 3.80. The third-order valence-corrected chi connectivity index (χ3v) is 5.01. The molecule has 7 heteroatoms. The Bertz CT molecular complexity index is 643. The van der Waals surface area contributed by atoms with Gasteiger partial charge in [0.05, 0.1) is 13.1 Å². The van der Waals surface area contributed by atoms with Gasteiger partial charge in [0.25, 0.3) is 0 Å². The van der Waals surface area contributed by atoms with Gasteiger partial charge in [-0.1, -0.05) is 37.0 Å². The number of anilines is 1. The van der Waals surface area contributed by atoms with Crippen molar-refractivity contribution in [2.24, 2.45) is 4.99 Å². The van der Waals surface area contributed by atoms with Crippen LogP contribution in [0, 0.1) is 12.3 Å². The van der Waals surface area contributed by atoms with Crippen LogP contribution in [0.25, 0.3) is 0 Å². The van der Waals surface area contributed by atoms with Crippen LogP contribution in [-0.2, 0) is 0 Å². The molecule has 23 heavy (non-hydrogen) atoms. The molecule has 122 valence electrons. The second-order valence-electron chi connectivity index (χ2n) is 5.88. The standard InChI is InChI=1S/C16H21N5OS/c1-3-5-6-9-17-13-11-20(10-4-2)16(22)21(13)15-19-18-14(23-15)12-7-8-12/h2,12H,3,5-11H2,1H3. The normalized spacial score (nSPS) is 19.7. The summed E-state index contributed by atoms with van der Waals surface area (Å²) in [6.07, 6.45) is 11.0. The van der Waals surface area contributed by atoms with Crippen molar-refractivity contribution in [3.05, 3.63) is 5.01 Å². The first kappa shape index (κ1) is 15.9. The summed E-state index contributed by atoms with van der Waals surface area (Å²) in [6.45, 7) is 3.63. The Morgan fingerprint density at radius 3 is 2.91 bits per heavy atom. The summed E-state index contributed by atoms with van der Waals surface area (Å²) < 4.78 is 0. The van der Waals surface area contributed by atoms with E-state index in [1.54, 1.807) is 9.80 Å². The maximum Gasteiger partial charge on any atom is 0.333 e. The van der Waals surface area contributed by atoms with Crippen LogP contribution in [0.4, 0.5) is 9.93 Å². The molecule has 1 saturated carbocycles. The van der Waals surface area contributed by atoms with Crippen molar-refractivity contribution in [3.63, 3.8) is 0 Å². The molecule has 0 spiro atoms. The zero-order valence-electron chi connectivity index (χ0n) is 13.4. The van der Waals surface area contributed by atoms with Crippen LogP contribution in [0.3, 0.4) is 0 Å². The minimum atomic E-state index is -0.143. The zero-order valence-corrected chi connectivity index (χ0v) is 14.2. The molecule has 1 aliphatic heterocycles. The minimum Gasteiger partial charge on any atom is -0.305 e. The van der Waals surface area contributed by atoms with Gasteiger partial charge in [-0.25, -0.2) is 9.69 Å². The first-order chi connectivity index (χ1) is 11.2. The summed E-state index contributed by atoms with van der Waals surface area (Å²) in [7, 11) is 0. The van der Waals surface area contributed by atoms with E-state index in [9.17, 15) is 4.79 Å². The van der Waals surface area contributed by atoms with Crippen molar-refractivity contribution >= 4 is 28.3 Å². The molecular formula is C16H21N5OS. The molecule has 0 unspecified atom stereocenters. The maximum atomic E-state index is 12.6. The van der Waals surface area contributed by atoms with E-state index in [-0.39, 0.29) is 12.6 Å². The Balaban J connectivity index is 1.79. The molecule has 2 heterocycles. The van der Waals surface area contributed by atoms with Gasteiger partial charge in [0.1, 0.15) is 10.8 Å². The number of hydrogen-bond donors (Lipinski definition) is 0. The van der Waals surface area contributed by atoms with E-state index in [1.807, 2.05) is 0 Å². The number of urea groups is 1. The smallest absolute Gasteiger partial charge is 0.305 e. The molecule has 6 nitrogen and oxygen atoms in total. The van der Waals surface area contributed by atoms with E-state index < -0.39 is 0 Å². The van der Waals surface area contributed by atoms with E-state index in [0.29, 0.717) is 17.6 Å². The van der Waals surface area contributed by atoms with Gasteiger partial charge in [0.15, 0.2) is 0 Å². The molecule has 1 aliphatic carbocycles. The van der Waals surface area contributed by atoms with Crippen molar-refractivity contribution in [3.8, 4) is 12.3 Å². The number of nitrogens with zero attached hydrogens (tertiary/aromatic N) is 5. The molecule has 1 aromatic rings. The van der Waals surface area contributed by atoms with Crippen molar-refractivity contribution < 1.29 is 4.79 Å². The number of amidine groups is 1. The third-order valence-electron chi connectivity index (χ3n) is 3.94. The fourth-order valence-electron chi connectivity index (χ4n) is 2.49. The maximum absolute atomic E-state index is 12.6. The lowest BCUT2D eigenvalue weighted by Gasteiger charge is -2.13. The molecule has 0 bridgehead atoms. The van der Waals surface area contributed by atoms with Gasteiger partial charge in [-0.15, -0.1) is 16.6 Å². The van der Waals surface area contributed by atoms with Crippen LogP contribution in [-0.4, -0.2) is 46.6 Å². The fraction of sp³-hybridized carbons (Fsp3) is 0.625. The third kappa shape index (κ3) is 3.53. The quantitative estimate of drug-likeness (QED) is 0.570. The summed E-state index contributed by atoms with van der Waals surface area (Å²) in [6, 6.07) is -0.143. The lowest BCUT2D eigenvalue weighted by molar-refractivity contribution is 0.226. The summed E-state index contributed by atoms with van der Waals surface area (Å²) in [4.78, 5) is 20.4. The first-order valence-corrected chi connectivity index (χ1v) is 8.95. The molecule has 1 saturated heterocycles. The average molecular weight is 331 g/mol. The summed E-state index contributed by atoms with van der Waals surface area (Å²) in [5.41, 5.74) is 0. The summed E-state index contributed by atoms with van der Waals surface area (Å²) >= 11 is 1.50. The largest absolute Gasteiger partial charge is 0.333 e. The van der Waals surface area contributed by atoms with E-state index in [1.165, 1.54) is 24.2 Å². The number of hydrogen-bond acceptors (Lipinski definition) is 5. The Hall–Kier alpha value is -1.94. The average Bonchev–Trinajstić information content (AvgIpc) is 3.21. The number of unbranched alkanes of at least 4 members (excludes halogenated alkanes) is 2. The van der Waals surface area contributed by atoms with Gasteiger partial charge in [0.2, 0.25) is 5.13 Å². The van der Waals surface area contributed by atoms with Crippen LogP contribution in [0.1, 0.15) is 50.0 Å². The molecule has 3 rings (SSSR count). The predicted octanol–water partition coefficient (Wildman–Crippen LogP) is 2.88. The number of terminal acetylenes is 1. The monoisotopic (exact) mass is 331 g/mol. The molecule has 0 atom stereocenters. The molecule has 0 radical (unpaired) electrons. The van der Waals surface area contributed by atoms with Crippen molar-refractivity contribution in [1.29, 1.82) is 0 Å². The van der Waals surface area contributed by atoms with Crippen LogP contribution >= 0.6 is 11.3 Å². The van der Waals surface area contributed by atoms with Gasteiger partial charge < -0.3 is 4.90 Å². The van der Waals surface area contributed by atoms with Crippen molar-refractivity contribution in [2.45, 2.75) is 44.9 Å². The molecular weight excluding hydrogens is 310 g/mol. The van der Waals surface area contributed by atoms with E-state index in [4.69, 9.17) is 6.42 Å². The number of rotatable bonds is 7. The Morgan fingerprint density at radius 2 is 2.22 bits per heavy atom. The number of carbonyl (C=O) groups excluding carboxylic acids is 1. The highest BCUT2D eigenvalue weighted by Gasteiger charge is 2.38. The summed E-state index contributed by atoms with van der Waals surface area (Å²) in [5, 5.41) is 10.1. The van der Waals surface area contributed by atoms with Crippen molar-refractivity contribution in [2.75, 3.05) is 24.5 Å². The lowest BCUT2D eigenvalue weighted by Crippen LogP contribution is -2.33. The lowest BCUT2D eigenvalue weighted by atomic mass is 10.2. The predicted molar refractivity (Wildman–Crippen MR) is 92.0 cm³/mol. The van der Waals surface area contributed by atoms with Gasteiger partial charge in [-0.2, -0.15) is 0 Å². The van der Waals surface area contributed by atoms with Crippen molar-refractivity contribution in [1.82, 2.24) is 15.1 Å². The Labute approximate surface area is 140 Å². The Morgan fingerprint density at radius 1 is 1.39 bits per heavy atom. The number of carbonyl (C=O) groups is 1. The Kier molecular flexibility index (Phi) is 4.91. The van der Waals surface area contributed by atoms with Crippen LogP contribution in [0.5, 0.6) is 0 Å². The minimum absolute atomic E-state index is 0.143. The highest BCUT2D eigenvalue weighted by Crippen LogP contribution is 2.43. The van der Waals surface area contributed by atoms with Crippen LogP contribution in [0.2, 0.25) is 0 Å². The second kappa shape index (κ2) is 7.09. The van der Waals surface area contributed by atoms with Crippen LogP contribution in [0.15, 0.2) is 4.99 Å². The fourth-order valence-corrected chi connectivity index (χ4v) is 3.52. The molecule has 2 fully saturated rings. The van der Waals surface area contributed by atoms with Crippen LogP contribution < -0.4 is 4.90 Å². The van der Waals surface area contributed by atoms with E-state index in [2.05, 4.69) is 28.0 Å². The number of aliphatic imine (C=N–C) groups is 1. The van der Waals surface area contributed by atoms with Gasteiger partial charge >= 0.3 is 6.03 Å². The topological polar surface area (TPSA) is 61.7 Å². The van der Waals surface area contributed by atoms with E-state index >= 15 is 0 Å². The second-order valence-corrected chi connectivity index (χ2v) is 6.87. The first-order valence-electron chi connectivity index (χ1n) is 8.13. The van der Waals surface area contributed by atoms with Gasteiger partial charge in [0, 0.05) is 12.5 Å². The van der Waals surface area contributed by atoms with Gasteiger partial charge in [-0.05, 0) is 19.3 Å². The molecule has 2 amide bonds.